The number of carbonyl (C=O) groups excluding carboxylic acids is 1. The van der Waals surface area contributed by atoms with Gasteiger partial charge in [-0.05, 0) is 31.0 Å². The first kappa shape index (κ1) is 17.2. The minimum Gasteiger partial charge on any atom is -0.370 e. The van der Waals surface area contributed by atoms with Crippen LogP contribution in [-0.2, 0) is 4.79 Å². The van der Waals surface area contributed by atoms with Crippen LogP contribution in [0.3, 0.4) is 0 Å². The Labute approximate surface area is 141 Å². The number of carbonyl (C=O) groups is 1. The molecule has 8 heteroatoms. The third kappa shape index (κ3) is 4.05. The zero-order valence-electron chi connectivity index (χ0n) is 12.9. The smallest absolute Gasteiger partial charge is 0.370 e. The summed E-state index contributed by atoms with van der Waals surface area (Å²) in [6, 6.07) is 7.61. The van der Waals surface area contributed by atoms with Gasteiger partial charge in [0, 0.05) is 18.9 Å². The summed E-state index contributed by atoms with van der Waals surface area (Å²) in [4.78, 5) is 17.3. The van der Waals surface area contributed by atoms with Crippen molar-refractivity contribution in [3.05, 3.63) is 29.3 Å². The lowest BCUT2D eigenvalue weighted by Gasteiger charge is -2.37. The van der Waals surface area contributed by atoms with Crippen LogP contribution < -0.4 is 5.73 Å². The van der Waals surface area contributed by atoms with Crippen molar-refractivity contribution in [3.8, 4) is 0 Å². The second-order valence-electron chi connectivity index (χ2n) is 6.20. The predicted octanol–water partition coefficient (Wildman–Crippen LogP) is 3.14. The van der Waals surface area contributed by atoms with Crippen LogP contribution in [0, 0.1) is 5.92 Å². The van der Waals surface area contributed by atoms with Crippen molar-refractivity contribution in [2.75, 3.05) is 19.6 Å². The summed E-state index contributed by atoms with van der Waals surface area (Å²) in [7, 11) is 0. The van der Waals surface area contributed by atoms with Crippen LogP contribution in [0.5, 0.6) is 0 Å². The van der Waals surface area contributed by atoms with Crippen LogP contribution in [0.4, 0.5) is 13.2 Å². The molecule has 1 aliphatic rings. The highest BCUT2D eigenvalue weighted by atomic mass is 32.1. The summed E-state index contributed by atoms with van der Waals surface area (Å²) in [6.45, 7) is -0.367. The van der Waals surface area contributed by atoms with E-state index >= 15 is 0 Å². The van der Waals surface area contributed by atoms with Crippen LogP contribution in [0.15, 0.2) is 24.3 Å². The standard InChI is InChI=1S/C16H18F3N3OS/c17-16(18,19)9-22-6-5-10(7-14(20)23)11(8-22)15-21-12-3-1-2-4-13(12)24-15/h1-4,10-11H,5-9H2,(H2,20,23). The Morgan fingerprint density at radius 3 is 2.79 bits per heavy atom. The van der Waals surface area contributed by atoms with Crippen LogP contribution >= 0.6 is 11.3 Å². The van der Waals surface area contributed by atoms with Crippen molar-refractivity contribution in [2.45, 2.75) is 24.9 Å². The number of nitrogens with two attached hydrogens (primary N) is 1. The fourth-order valence-corrected chi connectivity index (χ4v) is 4.45. The Hall–Kier alpha value is -1.67. The number of aromatic nitrogens is 1. The maximum Gasteiger partial charge on any atom is 0.401 e. The summed E-state index contributed by atoms with van der Waals surface area (Å²) in [5.41, 5.74) is 6.16. The lowest BCUT2D eigenvalue weighted by Crippen LogP contribution is -2.44. The number of primary amides is 1. The first-order chi connectivity index (χ1) is 11.3. The molecule has 2 unspecified atom stereocenters. The van der Waals surface area contributed by atoms with Gasteiger partial charge in [0.2, 0.25) is 5.91 Å². The number of amides is 1. The molecule has 3 rings (SSSR count). The molecule has 2 heterocycles. The van der Waals surface area contributed by atoms with E-state index in [4.69, 9.17) is 5.73 Å². The Bertz CT molecular complexity index is 698. The van der Waals surface area contributed by atoms with Gasteiger partial charge in [0.25, 0.3) is 0 Å². The first-order valence-electron chi connectivity index (χ1n) is 7.75. The van der Waals surface area contributed by atoms with E-state index in [1.807, 2.05) is 24.3 Å². The molecule has 1 aromatic heterocycles. The molecule has 0 aliphatic carbocycles. The van der Waals surface area contributed by atoms with Crippen molar-refractivity contribution in [1.29, 1.82) is 0 Å². The van der Waals surface area contributed by atoms with E-state index in [9.17, 15) is 18.0 Å². The minimum absolute atomic E-state index is 0.0625. The van der Waals surface area contributed by atoms with Crippen LogP contribution in [0.25, 0.3) is 10.2 Å². The second kappa shape index (κ2) is 6.68. The lowest BCUT2D eigenvalue weighted by molar-refractivity contribution is -0.150. The van der Waals surface area contributed by atoms with Gasteiger partial charge < -0.3 is 5.73 Å². The predicted molar refractivity (Wildman–Crippen MR) is 86.8 cm³/mol. The van der Waals surface area contributed by atoms with E-state index < -0.39 is 18.6 Å². The normalized spacial score (nSPS) is 22.8. The molecule has 0 saturated carbocycles. The van der Waals surface area contributed by atoms with Crippen molar-refractivity contribution in [2.24, 2.45) is 11.7 Å². The van der Waals surface area contributed by atoms with E-state index in [0.29, 0.717) is 13.0 Å². The topological polar surface area (TPSA) is 59.2 Å². The zero-order valence-corrected chi connectivity index (χ0v) is 13.7. The van der Waals surface area contributed by atoms with Gasteiger partial charge in [0.05, 0.1) is 21.8 Å². The van der Waals surface area contributed by atoms with Crippen LogP contribution in [0.1, 0.15) is 23.8 Å². The van der Waals surface area contributed by atoms with Gasteiger partial charge in [-0.2, -0.15) is 13.2 Å². The number of rotatable bonds is 4. The summed E-state index contributed by atoms with van der Waals surface area (Å²) in [5.74, 6) is -0.686. The van der Waals surface area contributed by atoms with E-state index in [1.165, 1.54) is 16.2 Å². The number of alkyl halides is 3. The quantitative estimate of drug-likeness (QED) is 0.915. The Morgan fingerprint density at radius 2 is 2.12 bits per heavy atom. The largest absolute Gasteiger partial charge is 0.401 e. The summed E-state index contributed by atoms with van der Waals surface area (Å²) < 4.78 is 39.1. The van der Waals surface area contributed by atoms with Gasteiger partial charge >= 0.3 is 6.18 Å². The molecule has 1 aromatic carbocycles. The maximum atomic E-state index is 12.7. The number of piperidine rings is 1. The summed E-state index contributed by atoms with van der Waals surface area (Å²) >= 11 is 1.48. The average Bonchev–Trinajstić information content (AvgIpc) is 2.90. The number of nitrogens with zero attached hydrogens (tertiary/aromatic N) is 2. The molecule has 0 radical (unpaired) electrons. The van der Waals surface area contributed by atoms with E-state index in [1.54, 1.807) is 0 Å². The molecular formula is C16H18F3N3OS. The fraction of sp³-hybridized carbons (Fsp3) is 0.500. The molecular weight excluding hydrogens is 339 g/mol. The van der Waals surface area contributed by atoms with Crippen molar-refractivity contribution in [1.82, 2.24) is 9.88 Å². The second-order valence-corrected chi connectivity index (χ2v) is 7.26. The van der Waals surface area contributed by atoms with E-state index in [-0.39, 0.29) is 24.8 Å². The number of thiazole rings is 1. The van der Waals surface area contributed by atoms with Crippen molar-refractivity contribution in [3.63, 3.8) is 0 Å². The molecule has 24 heavy (non-hydrogen) atoms. The molecule has 1 fully saturated rings. The molecule has 1 saturated heterocycles. The molecule has 2 atom stereocenters. The van der Waals surface area contributed by atoms with Crippen LogP contribution in [0.2, 0.25) is 0 Å². The van der Waals surface area contributed by atoms with Gasteiger partial charge in [-0.15, -0.1) is 11.3 Å². The molecule has 2 aromatic rings. The zero-order chi connectivity index (χ0) is 17.3. The SMILES string of the molecule is NC(=O)CC1CCN(CC(F)(F)F)CC1c1nc2ccccc2s1. The number of halogens is 3. The van der Waals surface area contributed by atoms with E-state index in [0.717, 1.165) is 15.2 Å². The Balaban J connectivity index is 1.86. The number of hydrogen-bond donors (Lipinski definition) is 1. The van der Waals surface area contributed by atoms with E-state index in [2.05, 4.69) is 4.98 Å². The third-order valence-electron chi connectivity index (χ3n) is 4.33. The minimum atomic E-state index is -4.23. The van der Waals surface area contributed by atoms with Gasteiger partial charge in [-0.25, -0.2) is 4.98 Å². The van der Waals surface area contributed by atoms with Crippen molar-refractivity contribution < 1.29 is 18.0 Å². The first-order valence-corrected chi connectivity index (χ1v) is 8.56. The Kier molecular flexibility index (Phi) is 4.78. The molecule has 2 N–H and O–H groups in total. The van der Waals surface area contributed by atoms with Gasteiger partial charge in [-0.3, -0.25) is 9.69 Å². The monoisotopic (exact) mass is 357 g/mol. The highest BCUT2D eigenvalue weighted by Crippen LogP contribution is 2.38. The molecule has 130 valence electrons. The molecule has 0 spiro atoms. The number of para-hydroxylation sites is 1. The van der Waals surface area contributed by atoms with Gasteiger partial charge in [-0.1, -0.05) is 12.1 Å². The lowest BCUT2D eigenvalue weighted by atomic mass is 9.83. The fourth-order valence-electron chi connectivity index (χ4n) is 3.30. The molecule has 4 nitrogen and oxygen atoms in total. The van der Waals surface area contributed by atoms with Crippen LogP contribution in [-0.4, -0.2) is 41.6 Å². The Morgan fingerprint density at radius 1 is 1.38 bits per heavy atom. The number of likely N-dealkylation sites (tertiary alicyclic amines) is 1. The number of fused-ring (bicyclic) bond motifs is 1. The summed E-state index contributed by atoms with van der Waals surface area (Å²) in [6.07, 6.45) is -3.53. The van der Waals surface area contributed by atoms with Gasteiger partial charge in [0.1, 0.15) is 0 Å². The summed E-state index contributed by atoms with van der Waals surface area (Å²) in [5, 5.41) is 0.786. The van der Waals surface area contributed by atoms with Gasteiger partial charge in [0.15, 0.2) is 0 Å². The highest BCUT2D eigenvalue weighted by Gasteiger charge is 2.38. The average molecular weight is 357 g/mol. The number of benzene rings is 1. The van der Waals surface area contributed by atoms with Crippen molar-refractivity contribution >= 4 is 27.5 Å². The number of hydrogen-bond acceptors (Lipinski definition) is 4. The third-order valence-corrected chi connectivity index (χ3v) is 5.50. The maximum absolute atomic E-state index is 12.7. The molecule has 1 amide bonds. The highest BCUT2D eigenvalue weighted by molar-refractivity contribution is 7.18. The molecule has 0 bridgehead atoms. The molecule has 1 aliphatic heterocycles.